The zero-order valence-electron chi connectivity index (χ0n) is 9.25. The maximum absolute atomic E-state index is 11.7. The molecule has 0 aliphatic carbocycles. The van der Waals surface area contributed by atoms with Gasteiger partial charge in [0.2, 0.25) is 0 Å². The van der Waals surface area contributed by atoms with E-state index in [2.05, 4.69) is 5.32 Å². The summed E-state index contributed by atoms with van der Waals surface area (Å²) in [5, 5.41) is 20.0. The number of nitrogens with one attached hydrogen (secondary N) is 1. The van der Waals surface area contributed by atoms with Crippen LogP contribution in [0.2, 0.25) is 0 Å². The Hall–Kier alpha value is -2.09. The summed E-state index contributed by atoms with van der Waals surface area (Å²) in [4.78, 5) is 33.2. The van der Waals surface area contributed by atoms with Crippen LogP contribution < -0.4 is 11.1 Å². The van der Waals surface area contributed by atoms with Gasteiger partial charge in [0.15, 0.2) is 0 Å². The van der Waals surface area contributed by atoms with Crippen LogP contribution in [0.1, 0.15) is 22.5 Å². The van der Waals surface area contributed by atoms with Gasteiger partial charge in [-0.05, 0) is 18.6 Å². The summed E-state index contributed by atoms with van der Waals surface area (Å²) < 4.78 is 0. The number of hydrogen-bond acceptors (Lipinski definition) is 5. The highest BCUT2D eigenvalue weighted by Gasteiger charge is 2.22. The van der Waals surface area contributed by atoms with Gasteiger partial charge in [0.1, 0.15) is 6.04 Å². The van der Waals surface area contributed by atoms with E-state index >= 15 is 0 Å². The standard InChI is InChI=1S/C10H12N2O5S/c11-7-3-2-6(18-7)9(15)12-5(10(16)17)1-4-8(13)14/h2-3,5H,1,4,11H2,(H,12,15)(H,13,14)(H,16,17)/t5-/m1/s1. The first kappa shape index (κ1) is 14.0. The fourth-order valence-electron chi connectivity index (χ4n) is 1.23. The summed E-state index contributed by atoms with van der Waals surface area (Å²) in [6.45, 7) is 0. The lowest BCUT2D eigenvalue weighted by Crippen LogP contribution is -2.40. The zero-order valence-corrected chi connectivity index (χ0v) is 10.1. The predicted octanol–water partition coefficient (Wildman–Crippen LogP) is 0.378. The van der Waals surface area contributed by atoms with Gasteiger partial charge in [-0.1, -0.05) is 0 Å². The fourth-order valence-corrected chi connectivity index (χ4v) is 1.91. The number of carbonyl (C=O) groups is 3. The van der Waals surface area contributed by atoms with Crippen LogP contribution in [-0.2, 0) is 9.59 Å². The van der Waals surface area contributed by atoms with Gasteiger partial charge >= 0.3 is 11.9 Å². The Labute approximate surface area is 106 Å². The van der Waals surface area contributed by atoms with E-state index in [-0.39, 0.29) is 17.7 Å². The van der Waals surface area contributed by atoms with Crippen molar-refractivity contribution >= 4 is 34.2 Å². The van der Waals surface area contributed by atoms with Gasteiger partial charge in [-0.25, -0.2) is 4.79 Å². The van der Waals surface area contributed by atoms with E-state index in [1.807, 2.05) is 0 Å². The highest BCUT2D eigenvalue weighted by Crippen LogP contribution is 2.18. The van der Waals surface area contributed by atoms with Crippen LogP contribution in [0.3, 0.4) is 0 Å². The van der Waals surface area contributed by atoms with Crippen LogP contribution in [0.4, 0.5) is 5.00 Å². The number of nitrogens with two attached hydrogens (primary N) is 1. The molecule has 0 radical (unpaired) electrons. The number of amides is 1. The van der Waals surface area contributed by atoms with Crippen LogP contribution in [-0.4, -0.2) is 34.1 Å². The van der Waals surface area contributed by atoms with Gasteiger partial charge < -0.3 is 21.3 Å². The highest BCUT2D eigenvalue weighted by atomic mass is 32.1. The quantitative estimate of drug-likeness (QED) is 0.592. The lowest BCUT2D eigenvalue weighted by atomic mass is 10.1. The molecule has 0 saturated carbocycles. The van der Waals surface area contributed by atoms with Crippen LogP contribution >= 0.6 is 11.3 Å². The van der Waals surface area contributed by atoms with E-state index < -0.39 is 23.9 Å². The second-order valence-corrected chi connectivity index (χ2v) is 4.61. The number of hydrogen-bond donors (Lipinski definition) is 4. The monoisotopic (exact) mass is 272 g/mol. The minimum absolute atomic E-state index is 0.169. The van der Waals surface area contributed by atoms with Gasteiger partial charge in [0.25, 0.3) is 5.91 Å². The number of anilines is 1. The fraction of sp³-hybridized carbons (Fsp3) is 0.300. The van der Waals surface area contributed by atoms with Crippen molar-refractivity contribution in [2.75, 3.05) is 5.73 Å². The van der Waals surface area contributed by atoms with E-state index in [0.717, 1.165) is 11.3 Å². The maximum Gasteiger partial charge on any atom is 0.326 e. The summed E-state index contributed by atoms with van der Waals surface area (Å²) in [6.07, 6.45) is -0.499. The second-order valence-electron chi connectivity index (χ2n) is 3.50. The molecule has 1 aromatic heterocycles. The van der Waals surface area contributed by atoms with Crippen molar-refractivity contribution in [1.29, 1.82) is 0 Å². The van der Waals surface area contributed by atoms with Crippen molar-refractivity contribution in [3.63, 3.8) is 0 Å². The molecule has 7 nitrogen and oxygen atoms in total. The minimum atomic E-state index is -1.27. The molecule has 98 valence electrons. The van der Waals surface area contributed by atoms with E-state index in [4.69, 9.17) is 15.9 Å². The van der Waals surface area contributed by atoms with Gasteiger partial charge in [-0.2, -0.15) is 0 Å². The predicted molar refractivity (Wildman–Crippen MR) is 64.5 cm³/mol. The minimum Gasteiger partial charge on any atom is -0.481 e. The van der Waals surface area contributed by atoms with Crippen LogP contribution in [0.15, 0.2) is 12.1 Å². The summed E-state index contributed by atoms with van der Waals surface area (Å²) in [6, 6.07) is 1.79. The summed E-state index contributed by atoms with van der Waals surface area (Å²) in [7, 11) is 0. The first-order valence-electron chi connectivity index (χ1n) is 5.01. The Kier molecular flexibility index (Phi) is 4.67. The third-order valence-electron chi connectivity index (χ3n) is 2.10. The Morgan fingerprint density at radius 3 is 2.44 bits per heavy atom. The largest absolute Gasteiger partial charge is 0.481 e. The van der Waals surface area contributed by atoms with Crippen LogP contribution in [0.5, 0.6) is 0 Å². The number of rotatable bonds is 6. The molecule has 0 unspecified atom stereocenters. The molecule has 0 spiro atoms. The second kappa shape index (κ2) is 6.01. The molecule has 0 aliphatic heterocycles. The highest BCUT2D eigenvalue weighted by molar-refractivity contribution is 7.17. The van der Waals surface area contributed by atoms with Crippen molar-refractivity contribution in [2.24, 2.45) is 0 Å². The molecule has 1 aromatic rings. The molecule has 0 bridgehead atoms. The van der Waals surface area contributed by atoms with Crippen molar-refractivity contribution in [3.8, 4) is 0 Å². The summed E-state index contributed by atoms with van der Waals surface area (Å²) >= 11 is 1.03. The zero-order chi connectivity index (χ0) is 13.7. The number of aliphatic carboxylic acids is 2. The molecule has 0 fully saturated rings. The topological polar surface area (TPSA) is 130 Å². The lowest BCUT2D eigenvalue weighted by Gasteiger charge is -2.12. The van der Waals surface area contributed by atoms with Crippen molar-refractivity contribution in [1.82, 2.24) is 5.32 Å². The van der Waals surface area contributed by atoms with E-state index in [0.29, 0.717) is 5.00 Å². The van der Waals surface area contributed by atoms with Gasteiger partial charge in [-0.3, -0.25) is 9.59 Å². The molecular formula is C10H12N2O5S. The molecule has 0 saturated heterocycles. The van der Waals surface area contributed by atoms with Gasteiger partial charge in [0, 0.05) is 6.42 Å². The van der Waals surface area contributed by atoms with Gasteiger partial charge in [-0.15, -0.1) is 11.3 Å². The first-order chi connectivity index (χ1) is 8.40. The Morgan fingerprint density at radius 1 is 1.33 bits per heavy atom. The van der Waals surface area contributed by atoms with Crippen molar-refractivity contribution in [2.45, 2.75) is 18.9 Å². The van der Waals surface area contributed by atoms with E-state index in [1.54, 1.807) is 0 Å². The molecule has 1 amide bonds. The van der Waals surface area contributed by atoms with Crippen LogP contribution in [0.25, 0.3) is 0 Å². The Bertz CT molecular complexity index is 471. The molecule has 1 atom stereocenters. The number of nitrogen functional groups attached to an aromatic ring is 1. The third kappa shape index (κ3) is 4.06. The van der Waals surface area contributed by atoms with Crippen LogP contribution in [0, 0.1) is 0 Å². The molecule has 0 aromatic carbocycles. The lowest BCUT2D eigenvalue weighted by molar-refractivity contribution is -0.140. The molecular weight excluding hydrogens is 260 g/mol. The van der Waals surface area contributed by atoms with Crippen molar-refractivity contribution < 1.29 is 24.6 Å². The van der Waals surface area contributed by atoms with Gasteiger partial charge in [0.05, 0.1) is 9.88 Å². The Balaban J connectivity index is 2.63. The number of carbonyl (C=O) groups excluding carboxylic acids is 1. The number of carboxylic acid groups (broad SMARTS) is 2. The molecule has 18 heavy (non-hydrogen) atoms. The molecule has 1 rings (SSSR count). The normalized spacial score (nSPS) is 11.8. The number of thiophene rings is 1. The number of carboxylic acids is 2. The smallest absolute Gasteiger partial charge is 0.326 e. The van der Waals surface area contributed by atoms with Crippen molar-refractivity contribution in [3.05, 3.63) is 17.0 Å². The molecule has 1 heterocycles. The average molecular weight is 272 g/mol. The SMILES string of the molecule is Nc1ccc(C(=O)N[C@H](CCC(=O)O)C(=O)O)s1. The molecule has 5 N–H and O–H groups in total. The Morgan fingerprint density at radius 2 is 2.00 bits per heavy atom. The average Bonchev–Trinajstić information content (AvgIpc) is 2.70. The molecule has 8 heteroatoms. The summed E-state index contributed by atoms with van der Waals surface area (Å²) in [5.41, 5.74) is 5.45. The third-order valence-corrected chi connectivity index (χ3v) is 3.01. The van der Waals surface area contributed by atoms with E-state index in [9.17, 15) is 14.4 Å². The van der Waals surface area contributed by atoms with E-state index in [1.165, 1.54) is 12.1 Å². The summed E-state index contributed by atoms with van der Waals surface area (Å²) in [5.74, 6) is -2.96. The first-order valence-corrected chi connectivity index (χ1v) is 5.82. The maximum atomic E-state index is 11.7. The molecule has 0 aliphatic rings.